The van der Waals surface area contributed by atoms with Crippen molar-refractivity contribution >= 4 is 34.0 Å². The number of rotatable bonds is 4. The van der Waals surface area contributed by atoms with Crippen LogP contribution in [0.5, 0.6) is 5.75 Å². The second-order valence-electron chi connectivity index (χ2n) is 5.78. The highest BCUT2D eigenvalue weighted by Crippen LogP contribution is 2.35. The molecule has 0 radical (unpaired) electrons. The summed E-state index contributed by atoms with van der Waals surface area (Å²) in [5.74, 6) is 0.698. The summed E-state index contributed by atoms with van der Waals surface area (Å²) in [6.45, 7) is 4.42. The van der Waals surface area contributed by atoms with Crippen LogP contribution in [0.15, 0.2) is 47.7 Å². The molecule has 3 N–H and O–H groups in total. The van der Waals surface area contributed by atoms with Gasteiger partial charge in [-0.05, 0) is 43.1 Å². The van der Waals surface area contributed by atoms with Gasteiger partial charge in [0.15, 0.2) is 5.11 Å². The topological polar surface area (TPSA) is 62.4 Å². The quantitative estimate of drug-likeness (QED) is 0.736. The molecule has 1 atom stereocenters. The minimum absolute atomic E-state index is 0.136. The normalized spacial score (nSPS) is 17.1. The van der Waals surface area contributed by atoms with Crippen molar-refractivity contribution in [3.05, 3.63) is 53.2 Å². The summed E-state index contributed by atoms with van der Waals surface area (Å²) in [6.07, 6.45) is 0. The number of nitrogens with one attached hydrogen (secondary N) is 3. The average Bonchev–Trinajstić information content (AvgIpc) is 2.61. The first-order valence-corrected chi connectivity index (χ1v) is 8.62. The number of carbonyl (C=O) groups excluding carboxylic acids is 1. The van der Waals surface area contributed by atoms with Gasteiger partial charge in [0.25, 0.3) is 5.91 Å². The van der Waals surface area contributed by atoms with Crippen molar-refractivity contribution < 1.29 is 9.53 Å². The number of ether oxygens (including phenoxy) is 1. The van der Waals surface area contributed by atoms with Gasteiger partial charge in [0.2, 0.25) is 0 Å². The third-order valence-electron chi connectivity index (χ3n) is 4.27. The van der Waals surface area contributed by atoms with Crippen LogP contribution in [0, 0.1) is 0 Å². The molecule has 0 aliphatic carbocycles. The maximum atomic E-state index is 12.5. The number of benzene rings is 2. The summed E-state index contributed by atoms with van der Waals surface area (Å²) in [5, 5.41) is 11.5. The van der Waals surface area contributed by atoms with Gasteiger partial charge in [0, 0.05) is 18.1 Å². The van der Waals surface area contributed by atoms with Crippen molar-refractivity contribution in [3.63, 3.8) is 0 Å². The van der Waals surface area contributed by atoms with E-state index in [1.807, 2.05) is 50.2 Å². The van der Waals surface area contributed by atoms with Crippen molar-refractivity contribution in [2.24, 2.45) is 0 Å². The fraction of sp³-hybridized carbons (Fsp3) is 0.263. The highest BCUT2D eigenvalue weighted by Gasteiger charge is 2.30. The Hall–Kier alpha value is -2.60. The lowest BCUT2D eigenvalue weighted by Crippen LogP contribution is -2.46. The molecule has 0 bridgehead atoms. The Balaban J connectivity index is 2.21. The Morgan fingerprint density at radius 2 is 1.96 bits per heavy atom. The molecule has 1 heterocycles. The van der Waals surface area contributed by atoms with Crippen LogP contribution in [0.2, 0.25) is 0 Å². The molecule has 2 aromatic carbocycles. The smallest absolute Gasteiger partial charge is 0.251 e. The first-order chi connectivity index (χ1) is 12.1. The number of allylic oxidation sites excluding steroid dienone is 1. The van der Waals surface area contributed by atoms with Crippen LogP contribution in [0.3, 0.4) is 0 Å². The largest absolute Gasteiger partial charge is 0.493 e. The standard InChI is InChI=1S/C19H21N3O2S/c1-4-24-15-10-9-14(12-7-5-6-8-13(12)15)17-16(18(23)20-3)11(2)21-19(25)22-17/h5-10,17H,4H2,1-3H3,(H,20,23)(H2,21,22,25)/t17-/m0/s1. The highest BCUT2D eigenvalue weighted by atomic mass is 32.1. The van der Waals surface area contributed by atoms with Crippen molar-refractivity contribution in [1.82, 2.24) is 16.0 Å². The third kappa shape index (κ3) is 3.17. The summed E-state index contributed by atoms with van der Waals surface area (Å²) < 4.78 is 5.75. The maximum absolute atomic E-state index is 12.5. The zero-order valence-corrected chi connectivity index (χ0v) is 15.3. The molecular weight excluding hydrogens is 334 g/mol. The Bertz CT molecular complexity index is 876. The fourth-order valence-corrected chi connectivity index (χ4v) is 3.46. The van der Waals surface area contributed by atoms with E-state index in [2.05, 4.69) is 16.0 Å². The van der Waals surface area contributed by atoms with E-state index in [0.717, 1.165) is 27.8 Å². The van der Waals surface area contributed by atoms with E-state index in [-0.39, 0.29) is 11.9 Å². The molecule has 0 saturated carbocycles. The summed E-state index contributed by atoms with van der Waals surface area (Å²) in [4.78, 5) is 12.5. The number of likely N-dealkylation sites (N-methyl/N-ethyl adjacent to an activating group) is 1. The Labute approximate surface area is 152 Å². The second-order valence-corrected chi connectivity index (χ2v) is 6.19. The van der Waals surface area contributed by atoms with E-state index in [1.165, 1.54) is 0 Å². The summed E-state index contributed by atoms with van der Waals surface area (Å²) in [7, 11) is 1.63. The number of amides is 1. The van der Waals surface area contributed by atoms with Crippen molar-refractivity contribution in [2.75, 3.05) is 13.7 Å². The summed E-state index contributed by atoms with van der Waals surface area (Å²) >= 11 is 5.31. The zero-order valence-electron chi connectivity index (χ0n) is 14.5. The Morgan fingerprint density at radius 1 is 1.24 bits per heavy atom. The monoisotopic (exact) mass is 355 g/mol. The summed E-state index contributed by atoms with van der Waals surface area (Å²) in [5.41, 5.74) is 2.37. The van der Waals surface area contributed by atoms with E-state index < -0.39 is 0 Å². The molecule has 130 valence electrons. The maximum Gasteiger partial charge on any atom is 0.251 e. The van der Waals surface area contributed by atoms with Crippen LogP contribution in [0.25, 0.3) is 10.8 Å². The number of fused-ring (bicyclic) bond motifs is 1. The van der Waals surface area contributed by atoms with Crippen molar-refractivity contribution in [1.29, 1.82) is 0 Å². The highest BCUT2D eigenvalue weighted by molar-refractivity contribution is 7.80. The number of thiocarbonyl (C=S) groups is 1. The molecule has 5 nitrogen and oxygen atoms in total. The second kappa shape index (κ2) is 7.11. The lowest BCUT2D eigenvalue weighted by Gasteiger charge is -2.31. The lowest BCUT2D eigenvalue weighted by atomic mass is 9.91. The van der Waals surface area contributed by atoms with Gasteiger partial charge < -0.3 is 20.7 Å². The van der Waals surface area contributed by atoms with Gasteiger partial charge in [0.1, 0.15) is 5.75 Å². The van der Waals surface area contributed by atoms with E-state index in [1.54, 1.807) is 7.05 Å². The van der Waals surface area contributed by atoms with Gasteiger partial charge in [-0.1, -0.05) is 30.3 Å². The number of carbonyl (C=O) groups is 1. The van der Waals surface area contributed by atoms with E-state index in [9.17, 15) is 4.79 Å². The first kappa shape index (κ1) is 17.2. The molecule has 25 heavy (non-hydrogen) atoms. The Morgan fingerprint density at radius 3 is 2.64 bits per heavy atom. The van der Waals surface area contributed by atoms with Gasteiger partial charge in [-0.25, -0.2) is 0 Å². The van der Waals surface area contributed by atoms with Crippen LogP contribution < -0.4 is 20.7 Å². The van der Waals surface area contributed by atoms with Crippen molar-refractivity contribution in [2.45, 2.75) is 19.9 Å². The van der Waals surface area contributed by atoms with Crippen LogP contribution >= 0.6 is 12.2 Å². The number of hydrogen-bond acceptors (Lipinski definition) is 3. The molecule has 1 aliphatic rings. The van der Waals surface area contributed by atoms with Crippen LogP contribution in [0.4, 0.5) is 0 Å². The third-order valence-corrected chi connectivity index (χ3v) is 4.49. The molecule has 0 fully saturated rings. The molecular formula is C19H21N3O2S. The summed E-state index contributed by atoms with van der Waals surface area (Å²) in [6, 6.07) is 11.7. The molecule has 2 aromatic rings. The van der Waals surface area contributed by atoms with Crippen LogP contribution in [-0.2, 0) is 4.79 Å². The molecule has 0 spiro atoms. The lowest BCUT2D eigenvalue weighted by molar-refractivity contribution is -0.117. The van der Waals surface area contributed by atoms with Gasteiger partial charge in [0.05, 0.1) is 18.2 Å². The average molecular weight is 355 g/mol. The SMILES string of the molecule is CCOc1ccc([C@@H]2NC(=S)NC(C)=C2C(=O)NC)c2ccccc12. The molecule has 0 unspecified atom stereocenters. The van der Waals surface area contributed by atoms with Gasteiger partial charge >= 0.3 is 0 Å². The van der Waals surface area contributed by atoms with E-state index in [4.69, 9.17) is 17.0 Å². The molecule has 0 saturated heterocycles. The molecule has 1 amide bonds. The fourth-order valence-electron chi connectivity index (χ4n) is 3.19. The van der Waals surface area contributed by atoms with Crippen LogP contribution in [-0.4, -0.2) is 24.7 Å². The zero-order chi connectivity index (χ0) is 18.0. The van der Waals surface area contributed by atoms with Crippen molar-refractivity contribution in [3.8, 4) is 5.75 Å². The predicted molar refractivity (Wildman–Crippen MR) is 103 cm³/mol. The first-order valence-electron chi connectivity index (χ1n) is 8.21. The van der Waals surface area contributed by atoms with E-state index >= 15 is 0 Å². The molecule has 6 heteroatoms. The Kier molecular flexibility index (Phi) is 4.90. The minimum Gasteiger partial charge on any atom is -0.493 e. The van der Waals surface area contributed by atoms with Gasteiger partial charge in [-0.15, -0.1) is 0 Å². The molecule has 0 aromatic heterocycles. The molecule has 1 aliphatic heterocycles. The van der Waals surface area contributed by atoms with Crippen LogP contribution in [0.1, 0.15) is 25.5 Å². The minimum atomic E-state index is -0.325. The van der Waals surface area contributed by atoms with Gasteiger partial charge in [-0.3, -0.25) is 4.79 Å². The van der Waals surface area contributed by atoms with E-state index in [0.29, 0.717) is 17.3 Å². The molecule has 3 rings (SSSR count). The van der Waals surface area contributed by atoms with Gasteiger partial charge in [-0.2, -0.15) is 0 Å². The predicted octanol–water partition coefficient (Wildman–Crippen LogP) is 2.78. The number of hydrogen-bond donors (Lipinski definition) is 3.